The Balaban J connectivity index is 1.96. The highest BCUT2D eigenvalue weighted by atomic mass is 19.1. The van der Waals surface area contributed by atoms with Crippen molar-refractivity contribution < 1.29 is 27.9 Å². The first-order valence-corrected chi connectivity index (χ1v) is 8.90. The molecule has 1 heterocycles. The molecule has 3 rings (SSSR count). The summed E-state index contributed by atoms with van der Waals surface area (Å²) in [7, 11) is 0. The van der Waals surface area contributed by atoms with E-state index in [0.29, 0.717) is 5.56 Å². The predicted molar refractivity (Wildman–Crippen MR) is 93.3 cm³/mol. The summed E-state index contributed by atoms with van der Waals surface area (Å²) in [5, 5.41) is 9.06. The van der Waals surface area contributed by atoms with Gasteiger partial charge in [-0.1, -0.05) is 12.8 Å². The van der Waals surface area contributed by atoms with Gasteiger partial charge in [0.25, 0.3) is 5.91 Å². The standard InChI is InChI=1S/C20H21F2NO4/c1-12-11-27-17(9-18(24)25)19(12)20(26)23(15-4-2-3-5-15)10-13-8-14(21)6-7-16(13)22/h6-8,11,15H,2-5,9-10H2,1H3,(H,24,25). The van der Waals surface area contributed by atoms with Crippen LogP contribution in [0.15, 0.2) is 28.9 Å². The molecule has 2 aromatic rings. The molecule has 1 aromatic carbocycles. The molecule has 1 saturated carbocycles. The molecule has 0 atom stereocenters. The Bertz CT molecular complexity index is 856. The molecule has 0 radical (unpaired) electrons. The van der Waals surface area contributed by atoms with Crippen molar-refractivity contribution in [2.24, 2.45) is 0 Å². The van der Waals surface area contributed by atoms with E-state index < -0.39 is 29.9 Å². The zero-order valence-electron chi connectivity index (χ0n) is 15.0. The van der Waals surface area contributed by atoms with E-state index in [1.54, 1.807) is 6.92 Å². The van der Waals surface area contributed by atoms with Crippen molar-refractivity contribution in [1.82, 2.24) is 4.90 Å². The van der Waals surface area contributed by atoms with Gasteiger partial charge in [-0.2, -0.15) is 0 Å². The number of carbonyl (C=O) groups excluding carboxylic acids is 1. The molecule has 1 N–H and O–H groups in total. The van der Waals surface area contributed by atoms with Crippen LogP contribution in [0.25, 0.3) is 0 Å². The summed E-state index contributed by atoms with van der Waals surface area (Å²) in [6.07, 6.45) is 4.38. The van der Waals surface area contributed by atoms with Crippen molar-refractivity contribution in [2.45, 2.75) is 51.6 Å². The quantitative estimate of drug-likeness (QED) is 0.824. The summed E-state index contributed by atoms with van der Waals surface area (Å²) in [6, 6.07) is 3.06. The van der Waals surface area contributed by atoms with Gasteiger partial charge in [-0.05, 0) is 38.0 Å². The van der Waals surface area contributed by atoms with Gasteiger partial charge >= 0.3 is 5.97 Å². The molecule has 27 heavy (non-hydrogen) atoms. The topological polar surface area (TPSA) is 70.7 Å². The summed E-state index contributed by atoms with van der Waals surface area (Å²) >= 11 is 0. The van der Waals surface area contributed by atoms with Crippen molar-refractivity contribution >= 4 is 11.9 Å². The maximum Gasteiger partial charge on any atom is 0.311 e. The second-order valence-corrected chi connectivity index (χ2v) is 6.89. The number of amides is 1. The zero-order chi connectivity index (χ0) is 19.6. The fourth-order valence-corrected chi connectivity index (χ4v) is 3.63. The van der Waals surface area contributed by atoms with E-state index in [0.717, 1.165) is 43.9 Å². The largest absolute Gasteiger partial charge is 0.481 e. The highest BCUT2D eigenvalue weighted by Gasteiger charge is 2.32. The van der Waals surface area contributed by atoms with Crippen LogP contribution < -0.4 is 0 Å². The van der Waals surface area contributed by atoms with Crippen LogP contribution >= 0.6 is 0 Å². The Hall–Kier alpha value is -2.70. The van der Waals surface area contributed by atoms with Crippen molar-refractivity contribution in [3.8, 4) is 0 Å². The number of hydrogen-bond acceptors (Lipinski definition) is 3. The number of hydrogen-bond donors (Lipinski definition) is 1. The third-order valence-corrected chi connectivity index (χ3v) is 4.95. The smallest absolute Gasteiger partial charge is 0.311 e. The number of aliphatic carboxylic acids is 1. The van der Waals surface area contributed by atoms with Crippen molar-refractivity contribution in [3.63, 3.8) is 0 Å². The average molecular weight is 377 g/mol. The first-order chi connectivity index (χ1) is 12.9. The number of carboxylic acid groups (broad SMARTS) is 1. The molecular weight excluding hydrogens is 356 g/mol. The number of furan rings is 1. The van der Waals surface area contributed by atoms with Gasteiger partial charge in [0.2, 0.25) is 0 Å². The van der Waals surface area contributed by atoms with Crippen LogP contribution in [0.3, 0.4) is 0 Å². The SMILES string of the molecule is Cc1coc(CC(=O)O)c1C(=O)N(Cc1cc(F)ccc1F)C1CCCC1. The monoisotopic (exact) mass is 377 g/mol. The summed E-state index contributed by atoms with van der Waals surface area (Å²) in [5.74, 6) is -2.60. The minimum atomic E-state index is -1.11. The van der Waals surface area contributed by atoms with Gasteiger partial charge in [-0.3, -0.25) is 9.59 Å². The minimum Gasteiger partial charge on any atom is -0.481 e. The summed E-state index contributed by atoms with van der Waals surface area (Å²) in [6.45, 7) is 1.59. The molecule has 0 aliphatic heterocycles. The highest BCUT2D eigenvalue weighted by Crippen LogP contribution is 2.29. The van der Waals surface area contributed by atoms with E-state index in [2.05, 4.69) is 0 Å². The maximum atomic E-state index is 14.2. The van der Waals surface area contributed by atoms with Gasteiger partial charge in [-0.25, -0.2) is 8.78 Å². The first-order valence-electron chi connectivity index (χ1n) is 8.90. The maximum absolute atomic E-state index is 14.2. The average Bonchev–Trinajstić information content (AvgIpc) is 3.25. The van der Waals surface area contributed by atoms with Gasteiger partial charge in [0, 0.05) is 23.7 Å². The van der Waals surface area contributed by atoms with E-state index in [9.17, 15) is 18.4 Å². The Morgan fingerprint density at radius 3 is 2.63 bits per heavy atom. The molecule has 1 aliphatic rings. The molecule has 0 bridgehead atoms. The van der Waals surface area contributed by atoms with E-state index in [1.807, 2.05) is 0 Å². The van der Waals surface area contributed by atoms with Crippen molar-refractivity contribution in [1.29, 1.82) is 0 Å². The van der Waals surface area contributed by atoms with Crippen LogP contribution in [-0.4, -0.2) is 27.9 Å². The fourth-order valence-electron chi connectivity index (χ4n) is 3.63. The second kappa shape index (κ2) is 7.90. The van der Waals surface area contributed by atoms with E-state index in [1.165, 1.54) is 11.2 Å². The van der Waals surface area contributed by atoms with Crippen LogP contribution in [0, 0.1) is 18.6 Å². The fraction of sp³-hybridized carbons (Fsp3) is 0.400. The molecule has 1 fully saturated rings. The minimum absolute atomic E-state index is 0.0766. The number of benzene rings is 1. The van der Waals surface area contributed by atoms with Crippen LogP contribution in [0.1, 0.15) is 52.9 Å². The Kier molecular flexibility index (Phi) is 5.58. The lowest BCUT2D eigenvalue weighted by molar-refractivity contribution is -0.136. The van der Waals surface area contributed by atoms with Gasteiger partial charge in [0.05, 0.1) is 11.8 Å². The van der Waals surface area contributed by atoms with Gasteiger partial charge in [0.1, 0.15) is 23.8 Å². The Labute approximate surface area is 155 Å². The summed E-state index contributed by atoms with van der Waals surface area (Å²) < 4.78 is 33.0. The van der Waals surface area contributed by atoms with Gasteiger partial charge < -0.3 is 14.4 Å². The number of carboxylic acids is 1. The zero-order valence-corrected chi connectivity index (χ0v) is 15.0. The lowest BCUT2D eigenvalue weighted by atomic mass is 10.0. The van der Waals surface area contributed by atoms with Gasteiger partial charge in [0.15, 0.2) is 0 Å². The first kappa shape index (κ1) is 19.1. The molecule has 7 heteroatoms. The molecule has 144 valence electrons. The van der Waals surface area contributed by atoms with Crippen LogP contribution in [0.5, 0.6) is 0 Å². The van der Waals surface area contributed by atoms with E-state index in [4.69, 9.17) is 9.52 Å². The lowest BCUT2D eigenvalue weighted by Gasteiger charge is -2.29. The number of rotatable bonds is 6. The molecule has 0 unspecified atom stereocenters. The normalized spacial score (nSPS) is 14.5. The van der Waals surface area contributed by atoms with Crippen molar-refractivity contribution in [2.75, 3.05) is 0 Å². The van der Waals surface area contributed by atoms with Crippen molar-refractivity contribution in [3.05, 3.63) is 58.5 Å². The molecule has 5 nitrogen and oxygen atoms in total. The molecule has 1 amide bonds. The third kappa shape index (κ3) is 4.18. The molecule has 0 spiro atoms. The molecule has 1 aliphatic carbocycles. The predicted octanol–water partition coefficient (Wildman–Crippen LogP) is 4.08. The highest BCUT2D eigenvalue weighted by molar-refractivity contribution is 5.97. The number of halogens is 2. The molecule has 1 aromatic heterocycles. The van der Waals surface area contributed by atoms with Crippen LogP contribution in [0.4, 0.5) is 8.78 Å². The second-order valence-electron chi connectivity index (χ2n) is 6.89. The Morgan fingerprint density at radius 1 is 1.26 bits per heavy atom. The van der Waals surface area contributed by atoms with Gasteiger partial charge in [-0.15, -0.1) is 0 Å². The van der Waals surface area contributed by atoms with Crippen LogP contribution in [-0.2, 0) is 17.8 Å². The molecule has 0 saturated heterocycles. The van der Waals surface area contributed by atoms with Crippen LogP contribution in [0.2, 0.25) is 0 Å². The molecular formula is C20H21F2NO4. The number of aryl methyl sites for hydroxylation is 1. The number of carbonyl (C=O) groups is 2. The third-order valence-electron chi connectivity index (χ3n) is 4.95. The Morgan fingerprint density at radius 2 is 1.96 bits per heavy atom. The number of nitrogens with zero attached hydrogens (tertiary/aromatic N) is 1. The van der Waals surface area contributed by atoms with E-state index >= 15 is 0 Å². The summed E-state index contributed by atoms with van der Waals surface area (Å²) in [5.41, 5.74) is 0.816. The lowest BCUT2D eigenvalue weighted by Crippen LogP contribution is -2.39. The summed E-state index contributed by atoms with van der Waals surface area (Å²) in [4.78, 5) is 25.9. The van der Waals surface area contributed by atoms with E-state index in [-0.39, 0.29) is 29.5 Å².